The van der Waals surface area contributed by atoms with Crippen LogP contribution in [0.3, 0.4) is 0 Å². The lowest BCUT2D eigenvalue weighted by Gasteiger charge is -2.35. The maximum absolute atomic E-state index is 14.6. The van der Waals surface area contributed by atoms with Gasteiger partial charge in [-0.3, -0.25) is 4.79 Å². The van der Waals surface area contributed by atoms with E-state index in [2.05, 4.69) is 0 Å². The second-order valence-electron chi connectivity index (χ2n) is 8.39. The molecule has 0 saturated carbocycles. The zero-order valence-electron chi connectivity index (χ0n) is 17.5. The Labute approximate surface area is 175 Å². The molecule has 0 N–H and O–H groups in total. The van der Waals surface area contributed by atoms with Crippen molar-refractivity contribution in [3.05, 3.63) is 82.6 Å². The van der Waals surface area contributed by atoms with Gasteiger partial charge in [-0.15, -0.1) is 0 Å². The van der Waals surface area contributed by atoms with Gasteiger partial charge in [0.1, 0.15) is 17.2 Å². The van der Waals surface area contributed by atoms with Gasteiger partial charge in [-0.2, -0.15) is 0 Å². The third-order valence-corrected chi connectivity index (χ3v) is 4.95. The highest BCUT2D eigenvalue weighted by atomic mass is 19.1. The summed E-state index contributed by atoms with van der Waals surface area (Å²) in [5.74, 6) is -2.50. The summed E-state index contributed by atoms with van der Waals surface area (Å²) in [5, 5.41) is 0. The normalized spacial score (nSPS) is 17.3. The molecule has 0 aliphatic carbocycles. The molecule has 2 aromatic rings. The summed E-state index contributed by atoms with van der Waals surface area (Å²) in [6.07, 6.45) is -0.0812. The van der Waals surface area contributed by atoms with Gasteiger partial charge in [0.2, 0.25) is 5.91 Å². The van der Waals surface area contributed by atoms with Crippen LogP contribution in [0.4, 0.5) is 8.78 Å². The monoisotopic (exact) mass is 413 g/mol. The molecule has 0 fully saturated rings. The first kappa shape index (κ1) is 21.7. The fraction of sp³-hybridized carbons (Fsp3) is 0.333. The number of halogens is 2. The molecule has 1 amide bonds. The van der Waals surface area contributed by atoms with Crippen molar-refractivity contribution in [1.29, 1.82) is 0 Å². The van der Waals surface area contributed by atoms with Gasteiger partial charge in [-0.1, -0.05) is 30.3 Å². The molecule has 158 valence electrons. The van der Waals surface area contributed by atoms with Gasteiger partial charge >= 0.3 is 5.97 Å². The van der Waals surface area contributed by atoms with Crippen LogP contribution >= 0.6 is 0 Å². The summed E-state index contributed by atoms with van der Waals surface area (Å²) in [4.78, 5) is 27.5. The van der Waals surface area contributed by atoms with Crippen LogP contribution in [0.2, 0.25) is 0 Å². The highest BCUT2D eigenvalue weighted by molar-refractivity contribution is 5.96. The quantitative estimate of drug-likeness (QED) is 0.656. The maximum Gasteiger partial charge on any atom is 0.336 e. The number of carbonyl (C=O) groups is 2. The molecule has 0 aromatic heterocycles. The Hall–Kier alpha value is -3.02. The van der Waals surface area contributed by atoms with Crippen LogP contribution in [0.5, 0.6) is 0 Å². The Morgan fingerprint density at radius 3 is 2.47 bits per heavy atom. The van der Waals surface area contributed by atoms with E-state index in [0.717, 1.165) is 0 Å². The first-order valence-electron chi connectivity index (χ1n) is 9.80. The second kappa shape index (κ2) is 8.38. The molecule has 2 aromatic carbocycles. The molecule has 30 heavy (non-hydrogen) atoms. The molecule has 1 heterocycles. The molecule has 0 saturated heterocycles. The van der Waals surface area contributed by atoms with Gasteiger partial charge in [-0.25, -0.2) is 13.6 Å². The molecule has 1 unspecified atom stereocenters. The minimum atomic E-state index is -0.752. The van der Waals surface area contributed by atoms with Crippen LogP contribution in [0, 0.1) is 11.6 Å². The van der Waals surface area contributed by atoms with E-state index in [1.807, 2.05) is 0 Å². The zero-order chi connectivity index (χ0) is 22.1. The van der Waals surface area contributed by atoms with E-state index in [1.165, 1.54) is 23.1 Å². The summed E-state index contributed by atoms with van der Waals surface area (Å²) in [6, 6.07) is 12.1. The van der Waals surface area contributed by atoms with Crippen molar-refractivity contribution in [3.8, 4) is 0 Å². The molecule has 0 radical (unpaired) electrons. The summed E-state index contributed by atoms with van der Waals surface area (Å²) < 4.78 is 33.7. The van der Waals surface area contributed by atoms with Crippen LogP contribution in [0.1, 0.15) is 51.2 Å². The molecule has 0 bridgehead atoms. The molecular weight excluding hydrogens is 388 g/mol. The average Bonchev–Trinajstić information content (AvgIpc) is 2.63. The van der Waals surface area contributed by atoms with Crippen molar-refractivity contribution in [2.75, 3.05) is 0 Å². The smallest absolute Gasteiger partial charge is 0.336 e. The average molecular weight is 413 g/mol. The predicted octanol–water partition coefficient (Wildman–Crippen LogP) is 5.10. The Bertz CT molecular complexity index is 1010. The SMILES string of the molecule is CC1=C(C(=O)OC(C)(C)C)C(c2ccccc2F)CC(=O)N1Cc1cccc(F)c1. The fourth-order valence-corrected chi connectivity index (χ4v) is 3.64. The standard InChI is InChI=1S/C24H25F2NO3/c1-15-22(23(29)30-24(2,3)4)19(18-10-5-6-11-20(18)26)13-21(28)27(15)14-16-8-7-9-17(25)12-16/h5-12,19H,13-14H2,1-4H3. The number of hydrogen-bond acceptors (Lipinski definition) is 3. The van der Waals surface area contributed by atoms with E-state index in [0.29, 0.717) is 11.3 Å². The lowest BCUT2D eigenvalue weighted by Crippen LogP contribution is -2.39. The van der Waals surface area contributed by atoms with Gasteiger partial charge < -0.3 is 9.64 Å². The largest absolute Gasteiger partial charge is 0.457 e. The van der Waals surface area contributed by atoms with E-state index in [9.17, 15) is 18.4 Å². The van der Waals surface area contributed by atoms with E-state index >= 15 is 0 Å². The molecule has 0 spiro atoms. The number of amides is 1. The first-order chi connectivity index (χ1) is 14.1. The lowest BCUT2D eigenvalue weighted by molar-refractivity contribution is -0.150. The van der Waals surface area contributed by atoms with Crippen molar-refractivity contribution < 1.29 is 23.1 Å². The van der Waals surface area contributed by atoms with Crippen molar-refractivity contribution in [1.82, 2.24) is 4.90 Å². The Morgan fingerprint density at radius 2 is 1.83 bits per heavy atom. The van der Waals surface area contributed by atoms with Crippen molar-refractivity contribution in [2.45, 2.75) is 52.2 Å². The number of benzene rings is 2. The van der Waals surface area contributed by atoms with Crippen molar-refractivity contribution in [2.24, 2.45) is 0 Å². The van der Waals surface area contributed by atoms with Crippen LogP contribution in [-0.2, 0) is 20.9 Å². The van der Waals surface area contributed by atoms with E-state index < -0.39 is 29.1 Å². The molecule has 1 aliphatic heterocycles. The summed E-state index contributed by atoms with van der Waals surface area (Å²) >= 11 is 0. The molecule has 3 rings (SSSR count). The van der Waals surface area contributed by atoms with Gasteiger partial charge in [-0.05, 0) is 57.0 Å². The molecular formula is C24H25F2NO3. The number of carbonyl (C=O) groups excluding carboxylic acids is 2. The highest BCUT2D eigenvalue weighted by Crippen LogP contribution is 2.39. The van der Waals surface area contributed by atoms with E-state index in [1.54, 1.807) is 58.0 Å². The van der Waals surface area contributed by atoms with Crippen molar-refractivity contribution in [3.63, 3.8) is 0 Å². The van der Waals surface area contributed by atoms with Gasteiger partial charge in [0, 0.05) is 18.0 Å². The minimum Gasteiger partial charge on any atom is -0.457 e. The third kappa shape index (κ3) is 4.75. The summed E-state index contributed by atoms with van der Waals surface area (Å²) in [7, 11) is 0. The lowest BCUT2D eigenvalue weighted by atomic mass is 9.83. The number of nitrogens with zero attached hydrogens (tertiary/aromatic N) is 1. The van der Waals surface area contributed by atoms with Crippen LogP contribution in [-0.4, -0.2) is 22.4 Å². The van der Waals surface area contributed by atoms with Crippen LogP contribution in [0.25, 0.3) is 0 Å². The maximum atomic E-state index is 14.6. The molecule has 1 aliphatic rings. The Morgan fingerprint density at radius 1 is 1.13 bits per heavy atom. The Kier molecular flexibility index (Phi) is 6.06. The third-order valence-electron chi connectivity index (χ3n) is 4.95. The Balaban J connectivity index is 2.07. The second-order valence-corrected chi connectivity index (χ2v) is 8.39. The van der Waals surface area contributed by atoms with Gasteiger partial charge in [0.15, 0.2) is 0 Å². The topological polar surface area (TPSA) is 46.6 Å². The highest BCUT2D eigenvalue weighted by Gasteiger charge is 2.39. The van der Waals surface area contributed by atoms with Gasteiger partial charge in [0.25, 0.3) is 0 Å². The van der Waals surface area contributed by atoms with E-state index in [4.69, 9.17) is 4.74 Å². The number of esters is 1. The predicted molar refractivity (Wildman–Crippen MR) is 109 cm³/mol. The van der Waals surface area contributed by atoms with Crippen LogP contribution in [0.15, 0.2) is 59.8 Å². The first-order valence-corrected chi connectivity index (χ1v) is 9.80. The molecule has 6 heteroatoms. The number of hydrogen-bond donors (Lipinski definition) is 0. The van der Waals surface area contributed by atoms with Crippen molar-refractivity contribution >= 4 is 11.9 Å². The number of rotatable bonds is 4. The summed E-state index contributed by atoms with van der Waals surface area (Å²) in [6.45, 7) is 6.99. The minimum absolute atomic E-state index is 0.0812. The number of ether oxygens (including phenoxy) is 1. The van der Waals surface area contributed by atoms with E-state index in [-0.39, 0.29) is 30.0 Å². The molecule has 4 nitrogen and oxygen atoms in total. The van der Waals surface area contributed by atoms with Crippen LogP contribution < -0.4 is 0 Å². The fourth-order valence-electron chi connectivity index (χ4n) is 3.64. The zero-order valence-corrected chi connectivity index (χ0v) is 17.5. The molecule has 1 atom stereocenters. The summed E-state index contributed by atoms with van der Waals surface area (Å²) in [5.41, 5.74) is 0.745. The van der Waals surface area contributed by atoms with Gasteiger partial charge in [0.05, 0.1) is 12.1 Å². The number of allylic oxidation sites excluding steroid dienone is 1.